The number of nitrogens with zero attached hydrogens (tertiary/aromatic N) is 3. The minimum Gasteiger partial charge on any atom is -0.334 e. The van der Waals surface area contributed by atoms with Gasteiger partial charge in [0.05, 0.1) is 0 Å². The Hall–Kier alpha value is -2.98. The van der Waals surface area contributed by atoms with Gasteiger partial charge in [-0.1, -0.05) is 73.5 Å². The van der Waals surface area contributed by atoms with E-state index in [-0.39, 0.29) is 11.6 Å². The molecule has 1 aliphatic carbocycles. The van der Waals surface area contributed by atoms with Crippen LogP contribution in [0, 0.1) is 0 Å². The molecule has 1 amide bonds. The van der Waals surface area contributed by atoms with Crippen LogP contribution in [0.1, 0.15) is 68.1 Å². The quantitative estimate of drug-likeness (QED) is 0.264. The topological polar surface area (TPSA) is 36.4 Å². The summed E-state index contributed by atoms with van der Waals surface area (Å²) in [5, 5.41) is 0. The molecule has 1 saturated carbocycles. The third-order valence-electron chi connectivity index (χ3n) is 8.18. The summed E-state index contributed by atoms with van der Waals surface area (Å²) < 4.78 is 0. The van der Waals surface area contributed by atoms with Gasteiger partial charge in [0.15, 0.2) is 0 Å². The molecule has 3 aromatic rings. The van der Waals surface area contributed by atoms with E-state index in [0.29, 0.717) is 12.5 Å². The Morgan fingerprint density at radius 2 is 1.30 bits per heavy atom. The Bertz CT molecular complexity index is 1020. The molecule has 0 radical (unpaired) electrons. The summed E-state index contributed by atoms with van der Waals surface area (Å²) in [7, 11) is 4.18. The number of benzene rings is 2. The maximum atomic E-state index is 14.5. The molecule has 1 aromatic heterocycles. The molecule has 4 rings (SSSR count). The minimum absolute atomic E-state index is 0.213. The Morgan fingerprint density at radius 3 is 1.78 bits per heavy atom. The van der Waals surface area contributed by atoms with Gasteiger partial charge in [0.2, 0.25) is 5.91 Å². The fourth-order valence-corrected chi connectivity index (χ4v) is 5.96. The van der Waals surface area contributed by atoms with Crippen molar-refractivity contribution in [2.24, 2.45) is 0 Å². The van der Waals surface area contributed by atoms with Crippen LogP contribution >= 0.6 is 0 Å². The lowest BCUT2D eigenvalue weighted by Crippen LogP contribution is -2.57. The largest absolute Gasteiger partial charge is 0.334 e. The number of pyridine rings is 1. The van der Waals surface area contributed by atoms with Gasteiger partial charge in [-0.15, -0.1) is 0 Å². The van der Waals surface area contributed by atoms with Gasteiger partial charge in [0.25, 0.3) is 0 Å². The Morgan fingerprint density at radius 1 is 0.784 bits per heavy atom. The van der Waals surface area contributed by atoms with Crippen LogP contribution in [0.15, 0.2) is 85.2 Å². The van der Waals surface area contributed by atoms with Crippen molar-refractivity contribution in [3.8, 4) is 0 Å². The smallest absolute Gasteiger partial charge is 0.243 e. The van der Waals surface area contributed by atoms with Crippen molar-refractivity contribution in [1.29, 1.82) is 0 Å². The highest BCUT2D eigenvalue weighted by atomic mass is 16.2. The van der Waals surface area contributed by atoms with Gasteiger partial charge < -0.3 is 4.90 Å². The first-order valence-electron chi connectivity index (χ1n) is 14.0. The first-order valence-corrected chi connectivity index (χ1v) is 14.0. The van der Waals surface area contributed by atoms with Crippen LogP contribution in [0.3, 0.4) is 0 Å². The highest BCUT2D eigenvalue weighted by Gasteiger charge is 2.46. The molecule has 37 heavy (non-hydrogen) atoms. The molecule has 1 aliphatic rings. The molecule has 0 bridgehead atoms. The highest BCUT2D eigenvalue weighted by Crippen LogP contribution is 2.37. The van der Waals surface area contributed by atoms with Crippen LogP contribution in [-0.2, 0) is 24.2 Å². The predicted molar refractivity (Wildman–Crippen MR) is 152 cm³/mol. The van der Waals surface area contributed by atoms with Crippen molar-refractivity contribution in [3.05, 3.63) is 102 Å². The third-order valence-corrected chi connectivity index (χ3v) is 8.18. The third kappa shape index (κ3) is 7.29. The van der Waals surface area contributed by atoms with Crippen molar-refractivity contribution in [1.82, 2.24) is 14.8 Å². The van der Waals surface area contributed by atoms with Gasteiger partial charge in [-0.3, -0.25) is 14.7 Å². The zero-order valence-electron chi connectivity index (χ0n) is 22.7. The molecular weight excluding hydrogens is 454 g/mol. The van der Waals surface area contributed by atoms with Gasteiger partial charge in [-0.2, -0.15) is 0 Å². The van der Waals surface area contributed by atoms with E-state index in [0.717, 1.165) is 69.8 Å². The Kier molecular flexibility index (Phi) is 9.90. The van der Waals surface area contributed by atoms with E-state index in [1.807, 2.05) is 12.4 Å². The molecule has 0 saturated heterocycles. The van der Waals surface area contributed by atoms with Crippen LogP contribution < -0.4 is 0 Å². The maximum absolute atomic E-state index is 14.5. The van der Waals surface area contributed by atoms with Crippen LogP contribution in [0.5, 0.6) is 0 Å². The van der Waals surface area contributed by atoms with E-state index in [1.165, 1.54) is 11.1 Å². The number of hydrogen-bond donors (Lipinski definition) is 0. The van der Waals surface area contributed by atoms with Gasteiger partial charge in [-0.05, 0) is 94.3 Å². The van der Waals surface area contributed by atoms with E-state index in [9.17, 15) is 4.79 Å². The molecule has 0 spiro atoms. The predicted octanol–water partition coefficient (Wildman–Crippen LogP) is 6.70. The van der Waals surface area contributed by atoms with Crippen LogP contribution in [0.2, 0.25) is 0 Å². The number of aromatic nitrogens is 1. The number of aryl methyl sites for hydroxylation is 2. The monoisotopic (exact) mass is 497 g/mol. The lowest BCUT2D eigenvalue weighted by molar-refractivity contribution is -0.146. The van der Waals surface area contributed by atoms with Gasteiger partial charge in [-0.25, -0.2) is 0 Å². The van der Waals surface area contributed by atoms with Crippen LogP contribution in [0.4, 0.5) is 0 Å². The molecule has 1 heterocycles. The summed E-state index contributed by atoms with van der Waals surface area (Å²) in [5.41, 5.74) is 3.52. The number of amides is 1. The zero-order chi connectivity index (χ0) is 25.9. The van der Waals surface area contributed by atoms with Crippen molar-refractivity contribution in [2.75, 3.05) is 14.1 Å². The first-order chi connectivity index (χ1) is 18.1. The van der Waals surface area contributed by atoms with Gasteiger partial charge in [0.1, 0.15) is 5.54 Å². The SMILES string of the molecule is CN(C)C1(C(=O)N(Cc2ccncc2)C(CCCc2ccccc2)CCCc2ccccc2)CCCC1. The lowest BCUT2D eigenvalue weighted by Gasteiger charge is -2.42. The summed E-state index contributed by atoms with van der Waals surface area (Å²) >= 11 is 0. The van der Waals surface area contributed by atoms with Crippen molar-refractivity contribution in [2.45, 2.75) is 82.3 Å². The fourth-order valence-electron chi connectivity index (χ4n) is 5.96. The van der Waals surface area contributed by atoms with E-state index in [1.54, 1.807) is 0 Å². The molecule has 0 N–H and O–H groups in total. The number of carbonyl (C=O) groups excluding carboxylic acids is 1. The summed E-state index contributed by atoms with van der Waals surface area (Å²) in [6.07, 6.45) is 14.1. The molecule has 4 nitrogen and oxygen atoms in total. The minimum atomic E-state index is -0.385. The summed E-state index contributed by atoms with van der Waals surface area (Å²) in [5.74, 6) is 0.316. The van der Waals surface area contributed by atoms with E-state index < -0.39 is 0 Å². The molecule has 0 unspecified atom stereocenters. The first kappa shape index (κ1) is 27.1. The number of hydrogen-bond acceptors (Lipinski definition) is 3. The second-order valence-corrected chi connectivity index (χ2v) is 10.8. The van der Waals surface area contributed by atoms with Crippen molar-refractivity contribution < 1.29 is 4.79 Å². The normalized spacial score (nSPS) is 14.8. The highest BCUT2D eigenvalue weighted by molar-refractivity contribution is 5.87. The zero-order valence-corrected chi connectivity index (χ0v) is 22.7. The second-order valence-electron chi connectivity index (χ2n) is 10.8. The molecule has 1 fully saturated rings. The second kappa shape index (κ2) is 13.5. The van der Waals surface area contributed by atoms with E-state index >= 15 is 0 Å². The summed E-state index contributed by atoms with van der Waals surface area (Å²) in [6, 6.07) is 25.8. The van der Waals surface area contributed by atoms with Gasteiger partial charge in [0, 0.05) is 25.0 Å². The van der Waals surface area contributed by atoms with Gasteiger partial charge >= 0.3 is 0 Å². The van der Waals surface area contributed by atoms with Crippen LogP contribution in [-0.4, -0.2) is 46.4 Å². The van der Waals surface area contributed by atoms with Crippen molar-refractivity contribution >= 4 is 5.91 Å². The summed E-state index contributed by atoms with van der Waals surface area (Å²) in [6.45, 7) is 0.651. The standard InChI is InChI=1S/C33H43N3O/c1-35(2)33(23-9-10-24-33)32(37)36(27-30-21-25-34-26-22-30)31(19-11-17-28-13-5-3-6-14-28)20-12-18-29-15-7-4-8-16-29/h3-8,13-16,21-22,25-26,31H,9-12,17-20,23-24,27H2,1-2H3. The average Bonchev–Trinajstić information content (AvgIpc) is 3.44. The number of rotatable bonds is 13. The lowest BCUT2D eigenvalue weighted by atomic mass is 9.90. The van der Waals surface area contributed by atoms with E-state index in [2.05, 4.69) is 102 Å². The maximum Gasteiger partial charge on any atom is 0.243 e. The number of likely N-dealkylation sites (N-methyl/N-ethyl adjacent to an activating group) is 1. The Balaban J connectivity index is 1.57. The molecular formula is C33H43N3O. The van der Waals surface area contributed by atoms with Crippen molar-refractivity contribution in [3.63, 3.8) is 0 Å². The molecule has 2 aromatic carbocycles. The van der Waals surface area contributed by atoms with E-state index in [4.69, 9.17) is 0 Å². The Labute approximate surface area is 223 Å². The average molecular weight is 498 g/mol. The molecule has 0 aliphatic heterocycles. The fraction of sp³-hybridized carbons (Fsp3) is 0.455. The van der Waals surface area contributed by atoms with Crippen LogP contribution in [0.25, 0.3) is 0 Å². The summed E-state index contributed by atoms with van der Waals surface area (Å²) in [4.78, 5) is 23.2. The molecule has 196 valence electrons. The molecule has 0 atom stereocenters. The molecule has 4 heteroatoms. The number of carbonyl (C=O) groups is 1.